The predicted octanol–water partition coefficient (Wildman–Crippen LogP) is 1.99. The van der Waals surface area contributed by atoms with Crippen LogP contribution in [0.1, 0.15) is 19.8 Å². The van der Waals surface area contributed by atoms with Crippen molar-refractivity contribution in [2.75, 3.05) is 5.75 Å². The molecule has 1 aliphatic rings. The Balaban J connectivity index is 2.42. The average Bonchev–Trinajstić information content (AvgIpc) is 2.17. The summed E-state index contributed by atoms with van der Waals surface area (Å²) in [7, 11) is 0. The summed E-state index contributed by atoms with van der Waals surface area (Å²) in [6.45, 7) is 2.11. The average molecular weight is 142 g/mol. The molecule has 0 N–H and O–H groups in total. The molecule has 0 unspecified atom stereocenters. The summed E-state index contributed by atoms with van der Waals surface area (Å²) in [6, 6.07) is 0. The maximum absolute atomic E-state index is 10.6. The van der Waals surface area contributed by atoms with E-state index in [2.05, 4.69) is 6.92 Å². The molecule has 0 aromatic heterocycles. The van der Waals surface area contributed by atoms with Crippen molar-refractivity contribution < 1.29 is 4.79 Å². The number of rotatable bonds is 2. The number of hydrogen-bond acceptors (Lipinski definition) is 2. The third-order valence-electron chi connectivity index (χ3n) is 1.27. The van der Waals surface area contributed by atoms with Crippen molar-refractivity contribution >= 4 is 17.5 Å². The maximum Gasteiger partial charge on any atom is 0.156 e. The Labute approximate surface area is 59.5 Å². The SMILES string of the molecule is CCSC1=CC(=O)CC1. The van der Waals surface area contributed by atoms with Crippen molar-refractivity contribution in [1.29, 1.82) is 0 Å². The molecule has 0 aromatic rings. The first kappa shape index (κ1) is 6.87. The molecule has 0 amide bonds. The minimum atomic E-state index is 0.297. The van der Waals surface area contributed by atoms with Gasteiger partial charge in [-0.05, 0) is 23.2 Å². The highest BCUT2D eigenvalue weighted by atomic mass is 32.2. The zero-order valence-corrected chi connectivity index (χ0v) is 6.33. The quantitative estimate of drug-likeness (QED) is 0.586. The summed E-state index contributed by atoms with van der Waals surface area (Å²) >= 11 is 1.78. The van der Waals surface area contributed by atoms with Gasteiger partial charge in [0.2, 0.25) is 0 Å². The van der Waals surface area contributed by atoms with E-state index >= 15 is 0 Å². The van der Waals surface area contributed by atoms with Gasteiger partial charge in [0.1, 0.15) is 0 Å². The molecule has 2 heteroatoms. The van der Waals surface area contributed by atoms with E-state index in [-0.39, 0.29) is 0 Å². The predicted molar refractivity (Wildman–Crippen MR) is 40.5 cm³/mol. The lowest BCUT2D eigenvalue weighted by Gasteiger charge is -1.92. The summed E-state index contributed by atoms with van der Waals surface area (Å²) in [5, 5.41) is 0. The van der Waals surface area contributed by atoms with E-state index in [1.807, 2.05) is 0 Å². The number of carbonyl (C=O) groups is 1. The molecule has 0 heterocycles. The summed E-state index contributed by atoms with van der Waals surface area (Å²) in [4.78, 5) is 11.9. The number of hydrogen-bond donors (Lipinski definition) is 0. The van der Waals surface area contributed by atoms with Crippen LogP contribution in [0.2, 0.25) is 0 Å². The van der Waals surface area contributed by atoms with Gasteiger partial charge in [-0.15, -0.1) is 11.8 Å². The molecule has 0 aromatic carbocycles. The largest absolute Gasteiger partial charge is 0.295 e. The van der Waals surface area contributed by atoms with Crippen LogP contribution in [-0.2, 0) is 4.79 Å². The fourth-order valence-corrected chi connectivity index (χ4v) is 1.70. The van der Waals surface area contributed by atoms with E-state index in [9.17, 15) is 4.79 Å². The Morgan fingerprint density at radius 2 is 2.44 bits per heavy atom. The van der Waals surface area contributed by atoms with Crippen molar-refractivity contribution in [2.24, 2.45) is 0 Å². The van der Waals surface area contributed by atoms with Crippen molar-refractivity contribution in [3.8, 4) is 0 Å². The number of thioether (sulfide) groups is 1. The van der Waals surface area contributed by atoms with Crippen LogP contribution in [0.25, 0.3) is 0 Å². The highest BCUT2D eigenvalue weighted by molar-refractivity contribution is 8.03. The topological polar surface area (TPSA) is 17.1 Å². The lowest BCUT2D eigenvalue weighted by atomic mass is 10.3. The lowest BCUT2D eigenvalue weighted by molar-refractivity contribution is -0.114. The molecule has 0 fully saturated rings. The van der Waals surface area contributed by atoms with Crippen LogP contribution in [-0.4, -0.2) is 11.5 Å². The zero-order valence-electron chi connectivity index (χ0n) is 5.52. The minimum Gasteiger partial charge on any atom is -0.295 e. The molecule has 0 spiro atoms. The van der Waals surface area contributed by atoms with Gasteiger partial charge in [-0.3, -0.25) is 4.79 Å². The second-order valence-corrected chi connectivity index (χ2v) is 3.40. The Hall–Kier alpha value is -0.240. The fraction of sp³-hybridized carbons (Fsp3) is 0.571. The van der Waals surface area contributed by atoms with Crippen LogP contribution in [0.4, 0.5) is 0 Å². The van der Waals surface area contributed by atoms with Crippen molar-refractivity contribution in [2.45, 2.75) is 19.8 Å². The van der Waals surface area contributed by atoms with Gasteiger partial charge in [0, 0.05) is 6.42 Å². The van der Waals surface area contributed by atoms with Gasteiger partial charge >= 0.3 is 0 Å². The molecule has 0 bridgehead atoms. The van der Waals surface area contributed by atoms with Crippen LogP contribution in [0.3, 0.4) is 0 Å². The first-order valence-electron chi connectivity index (χ1n) is 3.19. The summed E-state index contributed by atoms with van der Waals surface area (Å²) in [5.74, 6) is 1.38. The zero-order chi connectivity index (χ0) is 6.69. The smallest absolute Gasteiger partial charge is 0.156 e. The van der Waals surface area contributed by atoms with Gasteiger partial charge in [-0.1, -0.05) is 6.92 Å². The van der Waals surface area contributed by atoms with Gasteiger partial charge in [0.05, 0.1) is 0 Å². The third kappa shape index (κ3) is 1.86. The fourth-order valence-electron chi connectivity index (χ4n) is 0.870. The standard InChI is InChI=1S/C7H10OS/c1-2-9-7-4-3-6(8)5-7/h5H,2-4H2,1H3. The molecule has 1 aliphatic carbocycles. The molecule has 9 heavy (non-hydrogen) atoms. The minimum absolute atomic E-state index is 0.297. The van der Waals surface area contributed by atoms with Crippen LogP contribution in [0.5, 0.6) is 0 Å². The van der Waals surface area contributed by atoms with Gasteiger partial charge in [-0.2, -0.15) is 0 Å². The maximum atomic E-state index is 10.6. The van der Waals surface area contributed by atoms with E-state index in [1.54, 1.807) is 17.8 Å². The van der Waals surface area contributed by atoms with Crippen LogP contribution < -0.4 is 0 Å². The van der Waals surface area contributed by atoms with E-state index in [0.717, 1.165) is 18.6 Å². The summed E-state index contributed by atoms with van der Waals surface area (Å²) in [5.41, 5.74) is 0. The molecular formula is C7H10OS. The molecule has 0 radical (unpaired) electrons. The van der Waals surface area contributed by atoms with Gasteiger partial charge < -0.3 is 0 Å². The van der Waals surface area contributed by atoms with E-state index < -0.39 is 0 Å². The van der Waals surface area contributed by atoms with E-state index in [1.165, 1.54) is 4.91 Å². The molecule has 50 valence electrons. The Kier molecular flexibility index (Phi) is 2.34. The second-order valence-electron chi connectivity index (χ2n) is 2.01. The van der Waals surface area contributed by atoms with Crippen LogP contribution in [0, 0.1) is 0 Å². The van der Waals surface area contributed by atoms with Gasteiger partial charge in [-0.25, -0.2) is 0 Å². The highest BCUT2D eigenvalue weighted by Crippen LogP contribution is 2.25. The van der Waals surface area contributed by atoms with Gasteiger partial charge in [0.25, 0.3) is 0 Å². The molecule has 1 rings (SSSR count). The Morgan fingerprint density at radius 3 is 2.89 bits per heavy atom. The molecule has 0 saturated carbocycles. The molecule has 0 saturated heterocycles. The first-order valence-corrected chi connectivity index (χ1v) is 4.17. The highest BCUT2D eigenvalue weighted by Gasteiger charge is 2.10. The van der Waals surface area contributed by atoms with E-state index in [4.69, 9.17) is 0 Å². The summed E-state index contributed by atoms with van der Waals surface area (Å²) in [6.07, 6.45) is 3.49. The number of allylic oxidation sites excluding steroid dienone is 2. The normalized spacial score (nSPS) is 18.3. The second kappa shape index (κ2) is 3.06. The first-order chi connectivity index (χ1) is 4.33. The number of carbonyl (C=O) groups excluding carboxylic acids is 1. The Bertz CT molecular complexity index is 149. The molecule has 1 nitrogen and oxygen atoms in total. The Morgan fingerprint density at radius 1 is 1.67 bits per heavy atom. The monoisotopic (exact) mass is 142 g/mol. The van der Waals surface area contributed by atoms with Crippen molar-refractivity contribution in [1.82, 2.24) is 0 Å². The molecule has 0 atom stereocenters. The molecular weight excluding hydrogens is 132 g/mol. The van der Waals surface area contributed by atoms with Crippen molar-refractivity contribution in [3.63, 3.8) is 0 Å². The third-order valence-corrected chi connectivity index (χ3v) is 2.25. The summed E-state index contributed by atoms with van der Waals surface area (Å²) < 4.78 is 0. The lowest BCUT2D eigenvalue weighted by Crippen LogP contribution is -1.80. The molecule has 0 aliphatic heterocycles. The van der Waals surface area contributed by atoms with Crippen LogP contribution in [0.15, 0.2) is 11.0 Å². The van der Waals surface area contributed by atoms with E-state index in [0.29, 0.717) is 5.78 Å². The van der Waals surface area contributed by atoms with Gasteiger partial charge in [0.15, 0.2) is 5.78 Å². The van der Waals surface area contributed by atoms with Crippen molar-refractivity contribution in [3.05, 3.63) is 11.0 Å². The number of ketones is 1. The van der Waals surface area contributed by atoms with Crippen LogP contribution >= 0.6 is 11.8 Å².